The number of fused-ring (bicyclic) bond motifs is 8. The first-order valence-corrected chi connectivity index (χ1v) is 26.4. The number of rotatable bonds is 3. The van der Waals surface area contributed by atoms with Crippen molar-refractivity contribution in [2.45, 2.75) is 169 Å². The van der Waals surface area contributed by atoms with Gasteiger partial charge in [-0.2, -0.15) is 0 Å². The highest BCUT2D eigenvalue weighted by Gasteiger charge is 2.48. The molecule has 2 aliphatic carbocycles. The molecule has 11 rings (SSSR count). The van der Waals surface area contributed by atoms with Crippen LogP contribution in [0.25, 0.3) is 21.2 Å². The third-order valence-corrected chi connectivity index (χ3v) is 18.4. The number of nitrogens with zero attached hydrogens (tertiary/aromatic N) is 2. The van der Waals surface area contributed by atoms with Crippen molar-refractivity contribution in [1.82, 2.24) is 0 Å². The average Bonchev–Trinajstić information content (AvgIpc) is 3.64. The van der Waals surface area contributed by atoms with E-state index in [2.05, 4.69) is 235 Å². The second-order valence-electron chi connectivity index (χ2n) is 26.1. The Morgan fingerprint density at radius 1 is 0.500 bits per heavy atom. The molecular formula is C64H73BN2S. The van der Waals surface area contributed by atoms with Crippen LogP contribution in [0.4, 0.5) is 34.1 Å². The van der Waals surface area contributed by atoms with E-state index >= 15 is 0 Å². The molecule has 348 valence electrons. The quantitative estimate of drug-likeness (QED) is 0.163. The molecule has 2 nitrogen and oxygen atoms in total. The summed E-state index contributed by atoms with van der Waals surface area (Å²) in [5.41, 5.74) is 24.9. The summed E-state index contributed by atoms with van der Waals surface area (Å²) >= 11 is 2.07. The molecule has 6 aromatic carbocycles. The lowest BCUT2D eigenvalue weighted by atomic mass is 9.36. The van der Waals surface area contributed by atoms with Crippen LogP contribution < -0.4 is 25.5 Å². The molecule has 0 unspecified atom stereocenters. The molecule has 0 N–H and O–H groups in total. The number of aryl methyl sites for hydroxylation is 2. The maximum absolute atomic E-state index is 2.77. The van der Waals surface area contributed by atoms with Gasteiger partial charge in [0.2, 0.25) is 0 Å². The molecule has 1 aromatic heterocycles. The number of benzene rings is 6. The van der Waals surface area contributed by atoms with Crippen LogP contribution in [0.5, 0.6) is 0 Å². The second kappa shape index (κ2) is 14.7. The first-order chi connectivity index (χ1) is 31.8. The van der Waals surface area contributed by atoms with Crippen LogP contribution >= 0.6 is 11.3 Å². The summed E-state index contributed by atoms with van der Waals surface area (Å²) in [7, 11) is 0. The standard InChI is InChI=1S/C64H73BN2S/c1-38-30-53-56-54(31-38)67(52-36-47-45(32-39(52)2)61(9,10)26-28-63(47,13)14)57-44-35-46-48(64(15,16)29-27-62(46,11)12)37-55(44)68-58(57)65(56)49-34-42(60(6,7)8)23-25-51(49)66(53)50-24-22-41(59(3,4)5)33-43(50)40-20-18-17-19-21-40/h17-25,30-37H,26-29H2,1-16H3. The molecule has 0 bridgehead atoms. The van der Waals surface area contributed by atoms with E-state index in [9.17, 15) is 0 Å². The molecule has 4 heteroatoms. The Bertz CT molecular complexity index is 3240. The van der Waals surface area contributed by atoms with Crippen molar-refractivity contribution in [3.63, 3.8) is 0 Å². The van der Waals surface area contributed by atoms with Gasteiger partial charge in [-0.3, -0.25) is 0 Å². The molecule has 0 spiro atoms. The Morgan fingerprint density at radius 3 is 1.60 bits per heavy atom. The molecule has 4 aliphatic rings. The van der Waals surface area contributed by atoms with Crippen molar-refractivity contribution in [2.75, 3.05) is 9.80 Å². The zero-order chi connectivity index (χ0) is 48.4. The van der Waals surface area contributed by atoms with Gasteiger partial charge in [0, 0.05) is 43.2 Å². The maximum Gasteiger partial charge on any atom is 0.264 e. The van der Waals surface area contributed by atoms with Crippen molar-refractivity contribution in [3.05, 3.63) is 148 Å². The summed E-state index contributed by atoms with van der Waals surface area (Å²) in [4.78, 5) is 5.43. The lowest BCUT2D eigenvalue weighted by Gasteiger charge is -2.46. The summed E-state index contributed by atoms with van der Waals surface area (Å²) in [5, 5.41) is 1.40. The summed E-state index contributed by atoms with van der Waals surface area (Å²) in [6, 6.07) is 41.5. The molecule has 0 saturated heterocycles. The fourth-order valence-corrected chi connectivity index (χ4v) is 14.0. The minimum Gasteiger partial charge on any atom is -0.311 e. The molecule has 0 amide bonds. The molecular weight excluding hydrogens is 840 g/mol. The maximum atomic E-state index is 2.77. The smallest absolute Gasteiger partial charge is 0.264 e. The van der Waals surface area contributed by atoms with Crippen LogP contribution in [0, 0.1) is 13.8 Å². The molecule has 3 heterocycles. The zero-order valence-electron chi connectivity index (χ0n) is 44.0. The predicted octanol–water partition coefficient (Wildman–Crippen LogP) is 16.6. The highest BCUT2D eigenvalue weighted by molar-refractivity contribution is 7.33. The Labute approximate surface area is 413 Å². The molecule has 0 atom stereocenters. The molecule has 7 aromatic rings. The van der Waals surface area contributed by atoms with Gasteiger partial charge in [-0.05, 0) is 182 Å². The van der Waals surface area contributed by atoms with E-state index in [4.69, 9.17) is 0 Å². The fraction of sp³-hybridized carbons (Fsp3) is 0.406. The molecule has 0 saturated carbocycles. The first-order valence-electron chi connectivity index (χ1n) is 25.6. The summed E-state index contributed by atoms with van der Waals surface area (Å²) < 4.78 is 2.87. The van der Waals surface area contributed by atoms with Crippen LogP contribution in [0.3, 0.4) is 0 Å². The van der Waals surface area contributed by atoms with Crippen LogP contribution in [-0.2, 0) is 32.5 Å². The highest BCUT2D eigenvalue weighted by atomic mass is 32.1. The topological polar surface area (TPSA) is 6.48 Å². The number of anilines is 6. The van der Waals surface area contributed by atoms with Gasteiger partial charge in [-0.1, -0.05) is 152 Å². The second-order valence-corrected chi connectivity index (χ2v) is 27.2. The molecule has 0 fully saturated rings. The fourth-order valence-electron chi connectivity index (χ4n) is 12.7. The third kappa shape index (κ3) is 6.84. The summed E-state index contributed by atoms with van der Waals surface area (Å²) in [6.45, 7) is 38.8. The lowest BCUT2D eigenvalue weighted by Crippen LogP contribution is -2.60. The Balaban J connectivity index is 1.29. The largest absolute Gasteiger partial charge is 0.311 e. The van der Waals surface area contributed by atoms with E-state index in [1.54, 1.807) is 0 Å². The van der Waals surface area contributed by atoms with Crippen molar-refractivity contribution in [2.24, 2.45) is 0 Å². The Hall–Kier alpha value is -5.06. The molecule has 0 radical (unpaired) electrons. The van der Waals surface area contributed by atoms with E-state index in [0.29, 0.717) is 0 Å². The lowest BCUT2D eigenvalue weighted by molar-refractivity contribution is 0.332. The van der Waals surface area contributed by atoms with E-state index in [1.165, 1.54) is 141 Å². The Morgan fingerprint density at radius 2 is 1.01 bits per heavy atom. The van der Waals surface area contributed by atoms with Gasteiger partial charge in [0.15, 0.2) is 0 Å². The first kappa shape index (κ1) is 45.4. The van der Waals surface area contributed by atoms with Crippen LogP contribution in [0.1, 0.15) is 167 Å². The van der Waals surface area contributed by atoms with Gasteiger partial charge >= 0.3 is 0 Å². The monoisotopic (exact) mass is 913 g/mol. The van der Waals surface area contributed by atoms with E-state index in [1.807, 2.05) is 0 Å². The summed E-state index contributed by atoms with van der Waals surface area (Å²) in [5.74, 6) is 0. The van der Waals surface area contributed by atoms with Crippen molar-refractivity contribution >= 4 is 78.0 Å². The van der Waals surface area contributed by atoms with Crippen LogP contribution in [0.2, 0.25) is 0 Å². The van der Waals surface area contributed by atoms with E-state index < -0.39 is 0 Å². The van der Waals surface area contributed by atoms with Crippen LogP contribution in [-0.4, -0.2) is 6.71 Å². The van der Waals surface area contributed by atoms with Crippen molar-refractivity contribution < 1.29 is 0 Å². The molecule has 68 heavy (non-hydrogen) atoms. The zero-order valence-corrected chi connectivity index (χ0v) is 44.8. The van der Waals surface area contributed by atoms with Gasteiger partial charge in [-0.15, -0.1) is 11.3 Å². The third-order valence-electron chi connectivity index (χ3n) is 17.2. The SMILES string of the molecule is Cc1cc2c3c(c1)N(c1cc4c(cc1C)C(C)(C)CCC4(C)C)c1c(sc4cc5c(cc14)C(C)(C)CCC5(C)C)B3c1cc(C(C)(C)C)ccc1N2c1ccc(C(C)(C)C)cc1-c1ccccc1. The minimum absolute atomic E-state index is 0.00465. The van der Waals surface area contributed by atoms with Gasteiger partial charge in [0.1, 0.15) is 0 Å². The van der Waals surface area contributed by atoms with Crippen molar-refractivity contribution in [3.8, 4) is 11.1 Å². The number of hydrogen-bond acceptors (Lipinski definition) is 3. The van der Waals surface area contributed by atoms with Crippen molar-refractivity contribution in [1.29, 1.82) is 0 Å². The van der Waals surface area contributed by atoms with Gasteiger partial charge in [-0.25, -0.2) is 0 Å². The minimum atomic E-state index is -0.0272. The highest BCUT2D eigenvalue weighted by Crippen LogP contribution is 2.55. The Kier molecular flexibility index (Phi) is 9.84. The predicted molar refractivity (Wildman–Crippen MR) is 299 cm³/mol. The summed E-state index contributed by atoms with van der Waals surface area (Å²) in [6.07, 6.45) is 4.78. The van der Waals surface area contributed by atoms with E-state index in [0.717, 1.165) is 0 Å². The van der Waals surface area contributed by atoms with Gasteiger partial charge < -0.3 is 9.80 Å². The average molecular weight is 913 g/mol. The molecule has 2 aliphatic heterocycles. The van der Waals surface area contributed by atoms with E-state index in [-0.39, 0.29) is 39.2 Å². The number of hydrogen-bond donors (Lipinski definition) is 0. The number of thiophene rings is 1. The van der Waals surface area contributed by atoms with Gasteiger partial charge in [0.25, 0.3) is 6.71 Å². The van der Waals surface area contributed by atoms with Gasteiger partial charge in [0.05, 0.1) is 11.4 Å². The normalized spacial score (nSPS) is 18.4. The van der Waals surface area contributed by atoms with Crippen LogP contribution in [0.15, 0.2) is 103 Å².